The number of hydrogen-bond donors (Lipinski definition) is 1. The third kappa shape index (κ3) is 3.13. The lowest BCUT2D eigenvalue weighted by Gasteiger charge is -2.27. The van der Waals surface area contributed by atoms with Gasteiger partial charge in [-0.2, -0.15) is 0 Å². The number of nitrogens with two attached hydrogens (primary N) is 1. The largest absolute Gasteiger partial charge is 0.397 e. The molecular formula is C13H19ClN2O. The summed E-state index contributed by atoms with van der Waals surface area (Å²) in [7, 11) is 0. The molecule has 2 N–H and O–H groups in total. The van der Waals surface area contributed by atoms with Gasteiger partial charge in [0.05, 0.1) is 16.3 Å². The number of para-hydroxylation sites is 1. The number of benzene rings is 1. The van der Waals surface area contributed by atoms with Crippen molar-refractivity contribution in [1.82, 2.24) is 4.90 Å². The van der Waals surface area contributed by atoms with E-state index in [1.54, 1.807) is 18.2 Å². The highest BCUT2D eigenvalue weighted by Gasteiger charge is 2.20. The van der Waals surface area contributed by atoms with Crippen LogP contribution in [0.15, 0.2) is 18.2 Å². The Morgan fingerprint density at radius 1 is 1.47 bits per heavy atom. The molecule has 1 rings (SSSR count). The van der Waals surface area contributed by atoms with Gasteiger partial charge in [-0.05, 0) is 32.4 Å². The number of hydrogen-bond acceptors (Lipinski definition) is 2. The lowest BCUT2D eigenvalue weighted by Crippen LogP contribution is -2.37. The number of rotatable bonds is 4. The number of halogens is 1. The van der Waals surface area contributed by atoms with Crippen LogP contribution >= 0.6 is 11.6 Å². The van der Waals surface area contributed by atoms with E-state index in [1.165, 1.54) is 0 Å². The standard InChI is InChI=1S/C13H19ClN2O/c1-4-8-16(9(2)3)13(17)10-6-5-7-11(14)12(10)15/h5-7,9H,4,8,15H2,1-3H3. The van der Waals surface area contributed by atoms with E-state index in [9.17, 15) is 4.79 Å². The van der Waals surface area contributed by atoms with E-state index in [0.717, 1.165) is 13.0 Å². The number of carbonyl (C=O) groups is 1. The molecule has 3 nitrogen and oxygen atoms in total. The summed E-state index contributed by atoms with van der Waals surface area (Å²) in [5, 5.41) is 0.427. The van der Waals surface area contributed by atoms with Crippen molar-refractivity contribution in [2.45, 2.75) is 33.2 Å². The van der Waals surface area contributed by atoms with Crippen molar-refractivity contribution in [2.24, 2.45) is 0 Å². The molecule has 0 unspecified atom stereocenters. The lowest BCUT2D eigenvalue weighted by molar-refractivity contribution is 0.0707. The molecule has 1 aromatic carbocycles. The summed E-state index contributed by atoms with van der Waals surface area (Å²) in [6.07, 6.45) is 0.921. The van der Waals surface area contributed by atoms with Gasteiger partial charge in [0.25, 0.3) is 5.91 Å². The van der Waals surface area contributed by atoms with Crippen molar-refractivity contribution in [3.05, 3.63) is 28.8 Å². The normalized spacial score (nSPS) is 10.6. The fourth-order valence-electron chi connectivity index (χ4n) is 1.71. The average molecular weight is 255 g/mol. The molecule has 0 atom stereocenters. The Hall–Kier alpha value is -1.22. The monoisotopic (exact) mass is 254 g/mol. The molecule has 1 amide bonds. The van der Waals surface area contributed by atoms with Gasteiger partial charge in [0.2, 0.25) is 0 Å². The third-order valence-corrected chi connectivity index (χ3v) is 2.96. The second kappa shape index (κ2) is 5.92. The van der Waals surface area contributed by atoms with Crippen LogP contribution < -0.4 is 5.73 Å². The molecule has 0 aliphatic carbocycles. The van der Waals surface area contributed by atoms with Crippen LogP contribution in [0.25, 0.3) is 0 Å². The van der Waals surface area contributed by atoms with Crippen molar-refractivity contribution in [2.75, 3.05) is 12.3 Å². The maximum Gasteiger partial charge on any atom is 0.256 e. The first-order chi connectivity index (χ1) is 7.99. The van der Waals surface area contributed by atoms with E-state index in [4.69, 9.17) is 17.3 Å². The van der Waals surface area contributed by atoms with E-state index >= 15 is 0 Å². The van der Waals surface area contributed by atoms with Crippen LogP contribution in [0.2, 0.25) is 5.02 Å². The molecule has 0 fully saturated rings. The topological polar surface area (TPSA) is 46.3 Å². The molecule has 0 saturated heterocycles. The maximum absolute atomic E-state index is 12.3. The Labute approximate surface area is 108 Å². The van der Waals surface area contributed by atoms with Gasteiger partial charge in [-0.3, -0.25) is 4.79 Å². The van der Waals surface area contributed by atoms with Gasteiger partial charge < -0.3 is 10.6 Å². The van der Waals surface area contributed by atoms with Crippen LogP contribution in [0.1, 0.15) is 37.6 Å². The summed E-state index contributed by atoms with van der Waals surface area (Å²) in [6.45, 7) is 6.76. The SMILES string of the molecule is CCCN(C(=O)c1cccc(Cl)c1N)C(C)C. The summed E-state index contributed by atoms with van der Waals surface area (Å²) in [4.78, 5) is 14.1. The Balaban J connectivity index is 3.05. The molecule has 1 aromatic rings. The number of nitrogen functional groups attached to an aromatic ring is 1. The molecule has 94 valence electrons. The van der Waals surface area contributed by atoms with Gasteiger partial charge in [-0.25, -0.2) is 0 Å². The second-order valence-corrected chi connectivity index (χ2v) is 4.70. The van der Waals surface area contributed by atoms with Crippen molar-refractivity contribution in [3.8, 4) is 0 Å². The highest BCUT2D eigenvalue weighted by molar-refractivity contribution is 6.33. The van der Waals surface area contributed by atoms with Crippen molar-refractivity contribution in [3.63, 3.8) is 0 Å². The zero-order chi connectivity index (χ0) is 13.0. The van der Waals surface area contributed by atoms with Gasteiger partial charge in [-0.15, -0.1) is 0 Å². The van der Waals surface area contributed by atoms with E-state index in [1.807, 2.05) is 25.7 Å². The smallest absolute Gasteiger partial charge is 0.256 e. The summed E-state index contributed by atoms with van der Waals surface area (Å²) in [5.74, 6) is -0.0538. The van der Waals surface area contributed by atoms with Gasteiger partial charge in [0, 0.05) is 12.6 Å². The van der Waals surface area contributed by atoms with Gasteiger partial charge >= 0.3 is 0 Å². The molecule has 17 heavy (non-hydrogen) atoms. The molecule has 0 saturated carbocycles. The highest BCUT2D eigenvalue weighted by Crippen LogP contribution is 2.24. The number of nitrogens with zero attached hydrogens (tertiary/aromatic N) is 1. The molecule has 0 aliphatic heterocycles. The summed E-state index contributed by atoms with van der Waals surface area (Å²) < 4.78 is 0. The molecule has 0 spiro atoms. The molecule has 0 radical (unpaired) electrons. The molecule has 0 aromatic heterocycles. The van der Waals surface area contributed by atoms with Crippen LogP contribution in [0.4, 0.5) is 5.69 Å². The third-order valence-electron chi connectivity index (χ3n) is 2.63. The van der Waals surface area contributed by atoms with Crippen molar-refractivity contribution >= 4 is 23.2 Å². The van der Waals surface area contributed by atoms with Gasteiger partial charge in [0.15, 0.2) is 0 Å². The van der Waals surface area contributed by atoms with Crippen molar-refractivity contribution < 1.29 is 4.79 Å². The van der Waals surface area contributed by atoms with E-state index in [0.29, 0.717) is 16.3 Å². The molecular weight excluding hydrogens is 236 g/mol. The molecule has 0 aliphatic rings. The van der Waals surface area contributed by atoms with Crippen LogP contribution in [-0.2, 0) is 0 Å². The van der Waals surface area contributed by atoms with Crippen LogP contribution in [-0.4, -0.2) is 23.4 Å². The first kappa shape index (κ1) is 13.8. The Kier molecular flexibility index (Phi) is 4.82. The fourth-order valence-corrected chi connectivity index (χ4v) is 1.89. The quantitative estimate of drug-likeness (QED) is 0.839. The fraction of sp³-hybridized carbons (Fsp3) is 0.462. The summed E-state index contributed by atoms with van der Waals surface area (Å²) >= 11 is 5.92. The average Bonchev–Trinajstić information content (AvgIpc) is 2.28. The molecule has 4 heteroatoms. The number of amides is 1. The lowest BCUT2D eigenvalue weighted by atomic mass is 10.1. The Morgan fingerprint density at radius 3 is 2.65 bits per heavy atom. The van der Waals surface area contributed by atoms with E-state index in [-0.39, 0.29) is 11.9 Å². The van der Waals surface area contributed by atoms with E-state index in [2.05, 4.69) is 0 Å². The minimum Gasteiger partial charge on any atom is -0.397 e. The Morgan fingerprint density at radius 2 is 2.12 bits per heavy atom. The van der Waals surface area contributed by atoms with Crippen LogP contribution in [0.3, 0.4) is 0 Å². The second-order valence-electron chi connectivity index (χ2n) is 4.29. The van der Waals surface area contributed by atoms with E-state index < -0.39 is 0 Å². The zero-order valence-electron chi connectivity index (χ0n) is 10.5. The zero-order valence-corrected chi connectivity index (χ0v) is 11.3. The van der Waals surface area contributed by atoms with Crippen LogP contribution in [0, 0.1) is 0 Å². The maximum atomic E-state index is 12.3. The van der Waals surface area contributed by atoms with Gasteiger partial charge in [-0.1, -0.05) is 24.6 Å². The summed E-state index contributed by atoms with van der Waals surface area (Å²) in [5.41, 5.74) is 6.69. The van der Waals surface area contributed by atoms with Crippen molar-refractivity contribution in [1.29, 1.82) is 0 Å². The minimum absolute atomic E-state index is 0.0538. The predicted molar refractivity (Wildman–Crippen MR) is 72.3 cm³/mol. The van der Waals surface area contributed by atoms with Gasteiger partial charge in [0.1, 0.15) is 0 Å². The molecule has 0 heterocycles. The Bertz CT molecular complexity index is 404. The van der Waals surface area contributed by atoms with Crippen LogP contribution in [0.5, 0.6) is 0 Å². The number of carbonyl (C=O) groups excluding carboxylic acids is 1. The highest BCUT2D eigenvalue weighted by atomic mass is 35.5. The minimum atomic E-state index is -0.0538. The molecule has 0 bridgehead atoms. The first-order valence-electron chi connectivity index (χ1n) is 5.84. The first-order valence-corrected chi connectivity index (χ1v) is 6.21. The number of anilines is 1. The summed E-state index contributed by atoms with van der Waals surface area (Å²) in [6, 6.07) is 5.30. The predicted octanol–water partition coefficient (Wildman–Crippen LogP) is 3.18.